The molecule has 94 valence electrons. The van der Waals surface area contributed by atoms with Gasteiger partial charge in [-0.15, -0.1) is 0 Å². The van der Waals surface area contributed by atoms with Crippen molar-refractivity contribution in [1.82, 2.24) is 0 Å². The van der Waals surface area contributed by atoms with E-state index < -0.39 is 29.6 Å². The molecule has 0 unspecified atom stereocenters. The van der Waals surface area contributed by atoms with E-state index in [1.807, 2.05) is 0 Å². The Balaban J connectivity index is 2.26. The quantitative estimate of drug-likeness (QED) is 0.802. The summed E-state index contributed by atoms with van der Waals surface area (Å²) in [5.74, 6) is -3.36. The Morgan fingerprint density at radius 1 is 1.24 bits per heavy atom. The summed E-state index contributed by atoms with van der Waals surface area (Å²) in [6.07, 6.45) is 1.66. The van der Waals surface area contributed by atoms with Crippen LogP contribution in [0.15, 0.2) is 12.1 Å². The molecule has 1 saturated carbocycles. The fourth-order valence-electron chi connectivity index (χ4n) is 2.08. The van der Waals surface area contributed by atoms with E-state index in [9.17, 15) is 18.3 Å². The van der Waals surface area contributed by atoms with Crippen molar-refractivity contribution in [2.45, 2.75) is 31.4 Å². The first-order valence-corrected chi connectivity index (χ1v) is 5.59. The van der Waals surface area contributed by atoms with Crippen LogP contribution in [0.4, 0.5) is 13.2 Å². The lowest BCUT2D eigenvalue weighted by Gasteiger charge is -2.33. The highest BCUT2D eigenvalue weighted by molar-refractivity contribution is 5.24. The molecule has 1 aliphatic carbocycles. The zero-order valence-corrected chi connectivity index (χ0v) is 9.17. The zero-order valence-electron chi connectivity index (χ0n) is 9.17. The Morgan fingerprint density at radius 2 is 1.88 bits per heavy atom. The Bertz CT molecular complexity index is 420. The molecule has 0 aromatic heterocycles. The first kappa shape index (κ1) is 12.4. The normalized spacial score (nSPS) is 19.8. The van der Waals surface area contributed by atoms with Gasteiger partial charge in [0.25, 0.3) is 0 Å². The number of rotatable bonds is 3. The molecule has 0 bridgehead atoms. The lowest BCUT2D eigenvalue weighted by atomic mass is 9.77. The maximum absolute atomic E-state index is 13.4. The van der Waals surface area contributed by atoms with E-state index in [2.05, 4.69) is 0 Å². The number of halogens is 3. The van der Waals surface area contributed by atoms with Gasteiger partial charge in [0.15, 0.2) is 11.6 Å². The van der Waals surface area contributed by atoms with Gasteiger partial charge >= 0.3 is 0 Å². The Labute approximate surface area is 97.2 Å². The van der Waals surface area contributed by atoms with E-state index in [1.165, 1.54) is 0 Å². The largest absolute Gasteiger partial charge is 0.391 e. The van der Waals surface area contributed by atoms with Crippen molar-refractivity contribution in [3.05, 3.63) is 35.1 Å². The monoisotopic (exact) mass is 245 g/mol. The number of hydrogen-bond acceptors (Lipinski definition) is 2. The average molecular weight is 245 g/mol. The summed E-state index contributed by atoms with van der Waals surface area (Å²) in [5.41, 5.74) is 5.36. The molecule has 0 amide bonds. The van der Waals surface area contributed by atoms with Crippen LogP contribution in [0, 0.1) is 23.4 Å². The van der Waals surface area contributed by atoms with Crippen LogP contribution in [0.1, 0.15) is 30.9 Å². The van der Waals surface area contributed by atoms with E-state index in [-0.39, 0.29) is 11.5 Å². The predicted molar refractivity (Wildman–Crippen MR) is 56.6 cm³/mol. The second-order valence-corrected chi connectivity index (χ2v) is 4.50. The molecular formula is C12H14F3NO. The van der Waals surface area contributed by atoms with Crippen LogP contribution in [0.2, 0.25) is 0 Å². The van der Waals surface area contributed by atoms with Crippen LogP contribution in [-0.2, 0) is 0 Å². The number of aliphatic hydroxyl groups excluding tert-OH is 1. The molecule has 0 saturated heterocycles. The minimum absolute atomic E-state index is 0.00396. The summed E-state index contributed by atoms with van der Waals surface area (Å²) in [5, 5.41) is 9.86. The topological polar surface area (TPSA) is 46.2 Å². The second kappa shape index (κ2) is 4.66. The van der Waals surface area contributed by atoms with E-state index in [0.29, 0.717) is 6.07 Å². The summed E-state index contributed by atoms with van der Waals surface area (Å²) in [7, 11) is 0. The van der Waals surface area contributed by atoms with Crippen LogP contribution in [-0.4, -0.2) is 11.2 Å². The third kappa shape index (κ3) is 2.30. The van der Waals surface area contributed by atoms with Crippen molar-refractivity contribution >= 4 is 0 Å². The van der Waals surface area contributed by atoms with Crippen molar-refractivity contribution in [2.75, 3.05) is 0 Å². The minimum Gasteiger partial charge on any atom is -0.391 e. The summed E-state index contributed by atoms with van der Waals surface area (Å²) in [6.45, 7) is 0. The lowest BCUT2D eigenvalue weighted by molar-refractivity contribution is 0.0402. The molecule has 0 aliphatic heterocycles. The highest BCUT2D eigenvalue weighted by Crippen LogP contribution is 2.35. The third-order valence-corrected chi connectivity index (χ3v) is 3.38. The van der Waals surface area contributed by atoms with E-state index in [0.717, 1.165) is 25.3 Å². The van der Waals surface area contributed by atoms with E-state index >= 15 is 0 Å². The molecule has 5 heteroatoms. The van der Waals surface area contributed by atoms with Gasteiger partial charge in [0.05, 0.1) is 12.1 Å². The van der Waals surface area contributed by atoms with Gasteiger partial charge < -0.3 is 10.8 Å². The van der Waals surface area contributed by atoms with Crippen LogP contribution in [0.5, 0.6) is 0 Å². The Hall–Kier alpha value is -1.07. The maximum Gasteiger partial charge on any atom is 0.163 e. The van der Waals surface area contributed by atoms with Gasteiger partial charge in [-0.05, 0) is 24.8 Å². The molecule has 1 aromatic rings. The van der Waals surface area contributed by atoms with Crippen LogP contribution >= 0.6 is 0 Å². The molecule has 0 radical (unpaired) electrons. The number of hydrogen-bond donors (Lipinski definition) is 2. The van der Waals surface area contributed by atoms with Gasteiger partial charge in [0, 0.05) is 11.6 Å². The summed E-state index contributed by atoms with van der Waals surface area (Å²) < 4.78 is 39.4. The standard InChI is InChI=1S/C12H14F3NO/c13-7-4-8(10(15)9(14)5-7)11(16)12(17)6-2-1-3-6/h4-6,11-12,17H,1-3,16H2/t11-,12+/m0/s1. The molecule has 2 atom stereocenters. The fourth-order valence-corrected chi connectivity index (χ4v) is 2.08. The molecule has 17 heavy (non-hydrogen) atoms. The molecule has 3 N–H and O–H groups in total. The minimum atomic E-state index is -1.28. The maximum atomic E-state index is 13.4. The number of aliphatic hydroxyl groups is 1. The van der Waals surface area contributed by atoms with Gasteiger partial charge in [0.1, 0.15) is 5.82 Å². The second-order valence-electron chi connectivity index (χ2n) is 4.50. The van der Waals surface area contributed by atoms with Crippen molar-refractivity contribution in [2.24, 2.45) is 11.7 Å². The van der Waals surface area contributed by atoms with Crippen molar-refractivity contribution < 1.29 is 18.3 Å². The fraction of sp³-hybridized carbons (Fsp3) is 0.500. The zero-order chi connectivity index (χ0) is 12.6. The van der Waals surface area contributed by atoms with Crippen molar-refractivity contribution in [3.63, 3.8) is 0 Å². The SMILES string of the molecule is N[C@@H](c1cc(F)cc(F)c1F)[C@H](O)C1CCC1. The number of benzene rings is 1. The van der Waals surface area contributed by atoms with Gasteiger partial charge in [-0.3, -0.25) is 0 Å². The Kier molecular flexibility index (Phi) is 3.40. The summed E-state index contributed by atoms with van der Waals surface area (Å²) in [4.78, 5) is 0. The van der Waals surface area contributed by atoms with E-state index in [1.54, 1.807) is 0 Å². The average Bonchev–Trinajstić information content (AvgIpc) is 2.19. The summed E-state index contributed by atoms with van der Waals surface area (Å²) >= 11 is 0. The smallest absolute Gasteiger partial charge is 0.163 e. The predicted octanol–water partition coefficient (Wildman–Crippen LogP) is 2.26. The van der Waals surface area contributed by atoms with Gasteiger partial charge in [-0.1, -0.05) is 6.42 Å². The lowest BCUT2D eigenvalue weighted by Crippen LogP contribution is -2.37. The molecule has 1 aromatic carbocycles. The molecule has 0 heterocycles. The van der Waals surface area contributed by atoms with Gasteiger partial charge in [-0.25, -0.2) is 13.2 Å². The molecule has 1 fully saturated rings. The molecule has 2 nitrogen and oxygen atoms in total. The van der Waals surface area contributed by atoms with Crippen molar-refractivity contribution in [1.29, 1.82) is 0 Å². The van der Waals surface area contributed by atoms with Crippen LogP contribution in [0.25, 0.3) is 0 Å². The van der Waals surface area contributed by atoms with Gasteiger partial charge in [-0.2, -0.15) is 0 Å². The van der Waals surface area contributed by atoms with E-state index in [4.69, 9.17) is 5.73 Å². The van der Waals surface area contributed by atoms with Gasteiger partial charge in [0.2, 0.25) is 0 Å². The first-order valence-electron chi connectivity index (χ1n) is 5.59. The first-order chi connectivity index (χ1) is 8.00. The highest BCUT2D eigenvalue weighted by atomic mass is 19.2. The molecule has 1 aliphatic rings. The van der Waals surface area contributed by atoms with Crippen LogP contribution in [0.3, 0.4) is 0 Å². The summed E-state index contributed by atoms with van der Waals surface area (Å²) in [6, 6.07) is 0.206. The van der Waals surface area contributed by atoms with Crippen LogP contribution < -0.4 is 5.73 Å². The third-order valence-electron chi connectivity index (χ3n) is 3.38. The Morgan fingerprint density at radius 3 is 2.41 bits per heavy atom. The molecule has 2 rings (SSSR count). The molecular weight excluding hydrogens is 231 g/mol. The molecule has 0 spiro atoms. The van der Waals surface area contributed by atoms with Crippen molar-refractivity contribution in [3.8, 4) is 0 Å². The number of nitrogens with two attached hydrogens (primary N) is 1. The highest BCUT2D eigenvalue weighted by Gasteiger charge is 2.32.